The molecule has 0 aliphatic carbocycles. The highest BCUT2D eigenvalue weighted by Crippen LogP contribution is 2.48. The summed E-state index contributed by atoms with van der Waals surface area (Å²) >= 11 is 0. The van der Waals surface area contributed by atoms with Gasteiger partial charge in [0.15, 0.2) is 12.7 Å². The molecule has 40 heavy (non-hydrogen) atoms. The summed E-state index contributed by atoms with van der Waals surface area (Å²) in [6.45, 7) is 12.6. The summed E-state index contributed by atoms with van der Waals surface area (Å²) in [7, 11) is 0. The minimum absolute atomic E-state index is 0.0342. The smallest absolute Gasteiger partial charge is 0.381 e. The highest BCUT2D eigenvalue weighted by Gasteiger charge is 2.75. The van der Waals surface area contributed by atoms with E-state index in [1.165, 1.54) is 6.07 Å². The average Bonchev–Trinajstić information content (AvgIpc) is 2.85. The molecule has 0 aliphatic rings. The summed E-state index contributed by atoms with van der Waals surface area (Å²) in [4.78, 5) is 25.2. The second-order valence-electron chi connectivity index (χ2n) is 10.4. The molecule has 0 saturated heterocycles. The molecule has 232 valence electrons. The first-order valence-electron chi connectivity index (χ1n) is 13.1. The standard InChI is InChI=1S/C26H34F8O4.C2H6/c1-14(2)10-19(16(5)6)17-8-7-9-18(12-17)21(35)38-20(11-15(3)4)22(36)37-13-24(29,30)26(33,34)25(31,32)23(27)28;1-2/h7-9,12,14-16,19-20,23H,10-11,13H2,1-6H3;1-2H3. The maximum Gasteiger partial charge on any atom is 0.381 e. The van der Waals surface area contributed by atoms with Crippen molar-refractivity contribution < 1.29 is 54.2 Å². The van der Waals surface area contributed by atoms with Gasteiger partial charge < -0.3 is 9.47 Å². The number of hydrogen-bond donors (Lipinski definition) is 0. The van der Waals surface area contributed by atoms with E-state index in [0.29, 0.717) is 5.92 Å². The first-order chi connectivity index (χ1) is 18.2. The van der Waals surface area contributed by atoms with Crippen molar-refractivity contribution >= 4 is 11.9 Å². The van der Waals surface area contributed by atoms with Gasteiger partial charge in [-0.1, -0.05) is 67.5 Å². The van der Waals surface area contributed by atoms with Crippen LogP contribution in [-0.4, -0.2) is 48.8 Å². The van der Waals surface area contributed by atoms with Crippen molar-refractivity contribution in [2.24, 2.45) is 17.8 Å². The van der Waals surface area contributed by atoms with E-state index in [4.69, 9.17) is 4.74 Å². The highest BCUT2D eigenvalue weighted by molar-refractivity contribution is 5.91. The van der Waals surface area contributed by atoms with Gasteiger partial charge in [0.1, 0.15) is 0 Å². The Morgan fingerprint density at radius 2 is 1.38 bits per heavy atom. The van der Waals surface area contributed by atoms with Crippen molar-refractivity contribution in [1.82, 2.24) is 0 Å². The highest BCUT2D eigenvalue weighted by atomic mass is 19.4. The van der Waals surface area contributed by atoms with Gasteiger partial charge >= 0.3 is 36.1 Å². The van der Waals surface area contributed by atoms with E-state index in [0.717, 1.165) is 12.0 Å². The molecule has 0 amide bonds. The number of carbonyl (C=O) groups is 2. The number of ether oxygens (including phenoxy) is 2. The van der Waals surface area contributed by atoms with E-state index in [9.17, 15) is 44.7 Å². The van der Waals surface area contributed by atoms with Crippen LogP contribution >= 0.6 is 0 Å². The van der Waals surface area contributed by atoms with Crippen LogP contribution in [0.15, 0.2) is 24.3 Å². The summed E-state index contributed by atoms with van der Waals surface area (Å²) in [5, 5.41) is 0. The molecule has 0 saturated carbocycles. The number of alkyl halides is 8. The van der Waals surface area contributed by atoms with Gasteiger partial charge in [0, 0.05) is 0 Å². The van der Waals surface area contributed by atoms with Gasteiger partial charge in [0.05, 0.1) is 5.56 Å². The van der Waals surface area contributed by atoms with Crippen LogP contribution in [0, 0.1) is 17.8 Å². The van der Waals surface area contributed by atoms with E-state index in [-0.39, 0.29) is 29.7 Å². The zero-order valence-electron chi connectivity index (χ0n) is 24.1. The monoisotopic (exact) mass is 592 g/mol. The summed E-state index contributed by atoms with van der Waals surface area (Å²) in [6, 6.07) is 6.39. The molecular weight excluding hydrogens is 552 g/mol. The lowest BCUT2D eigenvalue weighted by Gasteiger charge is -2.32. The predicted octanol–water partition coefficient (Wildman–Crippen LogP) is 8.78. The Labute approximate surface area is 230 Å². The Bertz CT molecular complexity index is 933. The fourth-order valence-corrected chi connectivity index (χ4v) is 3.74. The second kappa shape index (κ2) is 15.6. The Balaban J connectivity index is 0.00000742. The molecule has 0 aromatic heterocycles. The minimum Gasteiger partial charge on any atom is -0.456 e. The Hall–Kier alpha value is -2.40. The second-order valence-corrected chi connectivity index (χ2v) is 10.4. The Morgan fingerprint density at radius 3 is 1.82 bits per heavy atom. The quantitative estimate of drug-likeness (QED) is 0.160. The molecule has 0 spiro atoms. The van der Waals surface area contributed by atoms with Crippen molar-refractivity contribution in [2.45, 2.75) is 104 Å². The molecule has 0 radical (unpaired) electrons. The molecule has 2 unspecified atom stereocenters. The molecule has 0 N–H and O–H groups in total. The third-order valence-corrected chi connectivity index (χ3v) is 5.83. The molecule has 0 bridgehead atoms. The van der Waals surface area contributed by atoms with Crippen LogP contribution in [-0.2, 0) is 14.3 Å². The molecule has 1 rings (SSSR count). The number of benzene rings is 1. The normalized spacial score (nSPS) is 14.2. The molecule has 2 atom stereocenters. The summed E-state index contributed by atoms with van der Waals surface area (Å²) in [6.07, 6.45) is -6.40. The first kappa shape index (κ1) is 37.6. The van der Waals surface area contributed by atoms with Gasteiger partial charge in [-0.15, -0.1) is 0 Å². The van der Waals surface area contributed by atoms with E-state index in [1.54, 1.807) is 26.0 Å². The van der Waals surface area contributed by atoms with E-state index >= 15 is 0 Å². The van der Waals surface area contributed by atoms with Gasteiger partial charge in [0.25, 0.3) is 0 Å². The maximum absolute atomic E-state index is 13.8. The number of esters is 2. The van der Waals surface area contributed by atoms with Crippen LogP contribution in [0.3, 0.4) is 0 Å². The van der Waals surface area contributed by atoms with Gasteiger partial charge in [-0.3, -0.25) is 0 Å². The van der Waals surface area contributed by atoms with Gasteiger partial charge in [0.2, 0.25) is 0 Å². The topological polar surface area (TPSA) is 52.6 Å². The van der Waals surface area contributed by atoms with Crippen LogP contribution in [0.2, 0.25) is 0 Å². The number of halogens is 8. The third-order valence-electron chi connectivity index (χ3n) is 5.83. The van der Waals surface area contributed by atoms with Crippen LogP contribution < -0.4 is 0 Å². The van der Waals surface area contributed by atoms with Crippen molar-refractivity contribution in [3.05, 3.63) is 35.4 Å². The predicted molar refractivity (Wildman–Crippen MR) is 135 cm³/mol. The van der Waals surface area contributed by atoms with Gasteiger partial charge in [-0.25, -0.2) is 18.4 Å². The molecule has 1 aromatic carbocycles. The summed E-state index contributed by atoms with van der Waals surface area (Å²) in [5.41, 5.74) is 0.861. The van der Waals surface area contributed by atoms with E-state index < -0.39 is 48.8 Å². The number of hydrogen-bond acceptors (Lipinski definition) is 4. The molecular formula is C28H40F8O4. The van der Waals surface area contributed by atoms with Crippen LogP contribution in [0.4, 0.5) is 35.1 Å². The third kappa shape index (κ3) is 9.90. The van der Waals surface area contributed by atoms with E-state index in [2.05, 4.69) is 4.74 Å². The van der Waals surface area contributed by atoms with Crippen molar-refractivity contribution in [3.63, 3.8) is 0 Å². The van der Waals surface area contributed by atoms with E-state index in [1.807, 2.05) is 47.6 Å². The van der Waals surface area contributed by atoms with Crippen molar-refractivity contribution in [1.29, 1.82) is 0 Å². The molecule has 12 heteroatoms. The maximum atomic E-state index is 13.8. The zero-order chi connectivity index (χ0) is 31.6. The molecule has 4 nitrogen and oxygen atoms in total. The lowest BCUT2D eigenvalue weighted by molar-refractivity contribution is -0.344. The fourth-order valence-electron chi connectivity index (χ4n) is 3.74. The molecule has 0 aliphatic heterocycles. The number of carbonyl (C=O) groups excluding carboxylic acids is 2. The first-order valence-corrected chi connectivity index (χ1v) is 13.1. The largest absolute Gasteiger partial charge is 0.456 e. The summed E-state index contributed by atoms with van der Waals surface area (Å²) < 4.78 is 114. The molecule has 0 heterocycles. The lowest BCUT2D eigenvalue weighted by atomic mass is 9.82. The van der Waals surface area contributed by atoms with Crippen LogP contribution in [0.5, 0.6) is 0 Å². The SMILES string of the molecule is CC.CC(C)CC(OC(=O)c1cccc(C(CC(C)C)C(C)C)c1)C(=O)OCC(F)(F)C(F)(F)C(F)(F)C(F)F. The fraction of sp³-hybridized carbons (Fsp3) is 0.714. The van der Waals surface area contributed by atoms with Crippen molar-refractivity contribution in [2.75, 3.05) is 6.61 Å². The summed E-state index contributed by atoms with van der Waals surface area (Å²) in [5.74, 6) is -21.2. The molecule has 1 aromatic rings. The Morgan fingerprint density at radius 1 is 0.850 bits per heavy atom. The molecule has 0 fully saturated rings. The van der Waals surface area contributed by atoms with Crippen molar-refractivity contribution in [3.8, 4) is 0 Å². The average molecular weight is 593 g/mol. The van der Waals surface area contributed by atoms with Gasteiger partial charge in [-0.2, -0.15) is 26.3 Å². The zero-order valence-corrected chi connectivity index (χ0v) is 24.1. The Kier molecular flexibility index (Phi) is 14.6. The van der Waals surface area contributed by atoms with Crippen LogP contribution in [0.1, 0.15) is 90.1 Å². The van der Waals surface area contributed by atoms with Gasteiger partial charge in [-0.05, 0) is 54.2 Å². The lowest BCUT2D eigenvalue weighted by Crippen LogP contribution is -2.59. The minimum atomic E-state index is -6.53. The van der Waals surface area contributed by atoms with Crippen LogP contribution in [0.25, 0.3) is 0 Å². The number of rotatable bonds is 14.